The van der Waals surface area contributed by atoms with Crippen LogP contribution in [0.2, 0.25) is 0 Å². The van der Waals surface area contributed by atoms with Crippen LogP contribution >= 0.6 is 11.3 Å². The van der Waals surface area contributed by atoms with E-state index in [0.717, 1.165) is 22.4 Å². The quantitative estimate of drug-likeness (QED) is 0.674. The van der Waals surface area contributed by atoms with E-state index in [0.29, 0.717) is 12.2 Å². The van der Waals surface area contributed by atoms with Gasteiger partial charge in [0, 0.05) is 11.9 Å². The van der Waals surface area contributed by atoms with Gasteiger partial charge in [0.1, 0.15) is 0 Å². The predicted molar refractivity (Wildman–Crippen MR) is 71.1 cm³/mol. The number of halogens is 3. The Morgan fingerprint density at radius 3 is 2.70 bits per heavy atom. The fourth-order valence-corrected chi connectivity index (χ4v) is 3.03. The molecule has 2 aromatic heterocycles. The normalized spacial score (nSPS) is 13.7. The van der Waals surface area contributed by atoms with Crippen LogP contribution in [0.4, 0.5) is 13.2 Å². The van der Waals surface area contributed by atoms with E-state index in [1.54, 1.807) is 17.7 Å². The van der Waals surface area contributed by atoms with Crippen LogP contribution < -0.4 is 11.3 Å². The minimum absolute atomic E-state index is 0.125. The second kappa shape index (κ2) is 5.55. The molecule has 0 radical (unpaired) electrons. The van der Waals surface area contributed by atoms with Gasteiger partial charge in [0.2, 0.25) is 0 Å². The summed E-state index contributed by atoms with van der Waals surface area (Å²) in [7, 11) is 0. The monoisotopic (exact) mass is 304 g/mol. The maximum absolute atomic E-state index is 13.0. The average Bonchev–Trinajstić information content (AvgIpc) is 2.97. The Balaban J connectivity index is 2.50. The van der Waals surface area contributed by atoms with Crippen molar-refractivity contribution in [1.29, 1.82) is 0 Å². The maximum Gasteiger partial charge on any atom is 0.417 e. The molecule has 8 heteroatoms. The number of nitrogens with two attached hydrogens (primary N) is 1. The number of nitrogens with one attached hydrogen (secondary N) is 1. The van der Waals surface area contributed by atoms with Gasteiger partial charge in [-0.3, -0.25) is 10.5 Å². The van der Waals surface area contributed by atoms with Crippen molar-refractivity contribution >= 4 is 11.3 Å². The molecule has 2 aromatic rings. The van der Waals surface area contributed by atoms with Gasteiger partial charge in [0.05, 0.1) is 23.0 Å². The number of hydrogen-bond acceptors (Lipinski definition) is 4. The van der Waals surface area contributed by atoms with E-state index in [2.05, 4.69) is 10.5 Å². The number of alkyl halides is 3. The van der Waals surface area contributed by atoms with E-state index in [1.807, 2.05) is 6.92 Å². The Labute approximate surface area is 118 Å². The molecule has 1 unspecified atom stereocenters. The highest BCUT2D eigenvalue weighted by Crippen LogP contribution is 2.38. The van der Waals surface area contributed by atoms with E-state index < -0.39 is 17.8 Å². The molecule has 2 rings (SSSR count). The molecule has 0 amide bonds. The smallest absolute Gasteiger partial charge is 0.271 e. The molecular weight excluding hydrogens is 289 g/mol. The molecule has 0 spiro atoms. The van der Waals surface area contributed by atoms with E-state index in [1.165, 1.54) is 5.38 Å². The molecule has 0 aliphatic carbocycles. The molecule has 3 N–H and O–H groups in total. The first-order valence-electron chi connectivity index (χ1n) is 6.02. The van der Waals surface area contributed by atoms with E-state index in [9.17, 15) is 13.2 Å². The van der Waals surface area contributed by atoms with Crippen LogP contribution in [0.25, 0.3) is 0 Å². The Morgan fingerprint density at radius 1 is 1.45 bits per heavy atom. The van der Waals surface area contributed by atoms with E-state index >= 15 is 0 Å². The van der Waals surface area contributed by atoms with Gasteiger partial charge in [-0.1, -0.05) is 0 Å². The number of thiophene rings is 1. The summed E-state index contributed by atoms with van der Waals surface area (Å²) < 4.78 is 40.6. The summed E-state index contributed by atoms with van der Waals surface area (Å²) in [5, 5.41) is 6.81. The fourth-order valence-electron chi connectivity index (χ4n) is 2.15. The first-order chi connectivity index (χ1) is 9.38. The Hall–Kier alpha value is -1.38. The number of aryl methyl sites for hydroxylation is 2. The average molecular weight is 304 g/mol. The molecule has 0 fully saturated rings. The number of aromatic nitrogens is 2. The number of rotatable bonds is 4. The number of hydrogen-bond donors (Lipinski definition) is 2. The highest BCUT2D eigenvalue weighted by atomic mass is 32.1. The van der Waals surface area contributed by atoms with Crippen molar-refractivity contribution in [3.05, 3.63) is 39.3 Å². The first-order valence-corrected chi connectivity index (χ1v) is 6.96. The maximum atomic E-state index is 13.0. The summed E-state index contributed by atoms with van der Waals surface area (Å²) in [5.74, 6) is 5.49. The van der Waals surface area contributed by atoms with Crippen LogP contribution in [0.15, 0.2) is 16.8 Å². The van der Waals surface area contributed by atoms with Crippen LogP contribution in [-0.2, 0) is 12.7 Å². The van der Waals surface area contributed by atoms with Crippen LogP contribution in [-0.4, -0.2) is 9.78 Å². The van der Waals surface area contributed by atoms with Crippen LogP contribution in [0.5, 0.6) is 0 Å². The van der Waals surface area contributed by atoms with Crippen molar-refractivity contribution in [3.8, 4) is 0 Å². The predicted octanol–water partition coefficient (Wildman–Crippen LogP) is 2.84. The molecule has 0 aliphatic rings. The van der Waals surface area contributed by atoms with Crippen LogP contribution in [0.1, 0.15) is 35.5 Å². The summed E-state index contributed by atoms with van der Waals surface area (Å²) in [6.45, 7) is 4.23. The third-order valence-corrected chi connectivity index (χ3v) is 3.77. The number of hydrazine groups is 1. The largest absolute Gasteiger partial charge is 0.417 e. The van der Waals surface area contributed by atoms with E-state index in [4.69, 9.17) is 5.84 Å². The molecule has 1 atom stereocenters. The lowest BCUT2D eigenvalue weighted by Crippen LogP contribution is -2.31. The van der Waals surface area contributed by atoms with Gasteiger partial charge in [-0.2, -0.15) is 29.6 Å². The Kier molecular flexibility index (Phi) is 4.17. The van der Waals surface area contributed by atoms with Gasteiger partial charge in [-0.05, 0) is 30.9 Å². The second-order valence-electron chi connectivity index (χ2n) is 4.36. The summed E-state index contributed by atoms with van der Waals surface area (Å²) in [6.07, 6.45) is -4.39. The molecular formula is C12H15F3N4S. The molecule has 110 valence electrons. The van der Waals surface area contributed by atoms with Crippen molar-refractivity contribution in [2.75, 3.05) is 0 Å². The zero-order valence-corrected chi connectivity index (χ0v) is 11.8. The van der Waals surface area contributed by atoms with E-state index in [-0.39, 0.29) is 5.56 Å². The SMILES string of the molecule is CCn1nc(C)cc1C(NN)c1cscc1C(F)(F)F. The Bertz CT molecular complexity index is 588. The van der Waals surface area contributed by atoms with Gasteiger partial charge in [0.25, 0.3) is 0 Å². The molecule has 4 nitrogen and oxygen atoms in total. The van der Waals surface area contributed by atoms with Crippen molar-refractivity contribution in [2.45, 2.75) is 32.6 Å². The third kappa shape index (κ3) is 2.72. The molecule has 0 saturated heterocycles. The summed E-state index contributed by atoms with van der Waals surface area (Å²) >= 11 is 1.01. The molecule has 0 aliphatic heterocycles. The number of nitrogens with zero attached hydrogens (tertiary/aromatic N) is 2. The third-order valence-electron chi connectivity index (χ3n) is 3.00. The molecule has 2 heterocycles. The highest BCUT2D eigenvalue weighted by Gasteiger charge is 2.37. The van der Waals surface area contributed by atoms with Gasteiger partial charge >= 0.3 is 6.18 Å². The van der Waals surface area contributed by atoms with Crippen LogP contribution in [0.3, 0.4) is 0 Å². The van der Waals surface area contributed by atoms with Crippen molar-refractivity contribution in [1.82, 2.24) is 15.2 Å². The topological polar surface area (TPSA) is 55.9 Å². The first kappa shape index (κ1) is 15.0. The minimum atomic E-state index is -4.39. The highest BCUT2D eigenvalue weighted by molar-refractivity contribution is 7.08. The summed E-state index contributed by atoms with van der Waals surface area (Å²) in [4.78, 5) is 0. The zero-order chi connectivity index (χ0) is 14.9. The lowest BCUT2D eigenvalue weighted by molar-refractivity contribution is -0.138. The van der Waals surface area contributed by atoms with Crippen molar-refractivity contribution < 1.29 is 13.2 Å². The van der Waals surface area contributed by atoms with Gasteiger partial charge in [0.15, 0.2) is 0 Å². The van der Waals surface area contributed by atoms with Gasteiger partial charge in [-0.15, -0.1) is 0 Å². The van der Waals surface area contributed by atoms with Crippen LogP contribution in [0, 0.1) is 6.92 Å². The molecule has 0 bridgehead atoms. The zero-order valence-electron chi connectivity index (χ0n) is 11.0. The fraction of sp³-hybridized carbons (Fsp3) is 0.417. The Morgan fingerprint density at radius 2 is 2.15 bits per heavy atom. The molecule has 0 saturated carbocycles. The summed E-state index contributed by atoms with van der Waals surface area (Å²) in [5.41, 5.74) is 3.29. The minimum Gasteiger partial charge on any atom is -0.271 e. The second-order valence-corrected chi connectivity index (χ2v) is 5.11. The lowest BCUT2D eigenvalue weighted by atomic mass is 10.0. The molecule has 0 aromatic carbocycles. The van der Waals surface area contributed by atoms with Gasteiger partial charge < -0.3 is 0 Å². The lowest BCUT2D eigenvalue weighted by Gasteiger charge is -2.19. The molecule has 20 heavy (non-hydrogen) atoms. The van der Waals surface area contributed by atoms with Crippen molar-refractivity contribution in [3.63, 3.8) is 0 Å². The standard InChI is InChI=1S/C12H15F3N4S/c1-3-19-10(4-7(2)18-19)11(17-16)8-5-20-6-9(8)12(13,14)15/h4-6,11,17H,3,16H2,1-2H3. The van der Waals surface area contributed by atoms with Crippen molar-refractivity contribution in [2.24, 2.45) is 5.84 Å². The summed E-state index contributed by atoms with van der Waals surface area (Å²) in [6, 6.07) is 1.00. The van der Waals surface area contributed by atoms with Gasteiger partial charge in [-0.25, -0.2) is 5.43 Å².